The van der Waals surface area contributed by atoms with E-state index in [9.17, 15) is 0 Å². The maximum atomic E-state index is 4.75. The zero-order chi connectivity index (χ0) is 20.5. The fourth-order valence-electron chi connectivity index (χ4n) is 3.59. The van der Waals surface area contributed by atoms with Crippen LogP contribution in [0.3, 0.4) is 0 Å². The van der Waals surface area contributed by atoms with E-state index in [0.29, 0.717) is 6.54 Å². The van der Waals surface area contributed by atoms with Crippen molar-refractivity contribution < 1.29 is 0 Å². The average Bonchev–Trinajstić information content (AvgIpc) is 3.24. The van der Waals surface area contributed by atoms with Gasteiger partial charge in [-0.25, -0.2) is 4.99 Å². The Morgan fingerprint density at radius 1 is 0.967 bits per heavy atom. The van der Waals surface area contributed by atoms with Crippen molar-refractivity contribution in [3.63, 3.8) is 0 Å². The van der Waals surface area contributed by atoms with Crippen LogP contribution in [0.1, 0.15) is 36.5 Å². The second-order valence-corrected chi connectivity index (χ2v) is 7.91. The molecule has 5 nitrogen and oxygen atoms in total. The van der Waals surface area contributed by atoms with Crippen LogP contribution in [0.15, 0.2) is 53.5 Å². The Morgan fingerprint density at radius 3 is 2.33 bits per heavy atom. The smallest absolute Gasteiger partial charge is 0.191 e. The van der Waals surface area contributed by atoms with Crippen molar-refractivity contribution in [3.8, 4) is 0 Å². The molecule has 0 aromatic heterocycles. The number of rotatable bonds is 8. The summed E-state index contributed by atoms with van der Waals surface area (Å²) in [6, 6.07) is 17.5. The normalized spacial score (nSPS) is 14.3. The molecule has 6 heteroatoms. The van der Waals surface area contributed by atoms with E-state index < -0.39 is 0 Å². The van der Waals surface area contributed by atoms with E-state index in [0.717, 1.165) is 25.6 Å². The Morgan fingerprint density at radius 2 is 1.67 bits per heavy atom. The van der Waals surface area contributed by atoms with E-state index in [4.69, 9.17) is 4.99 Å². The first-order valence-electron chi connectivity index (χ1n) is 10.7. The number of hydrogen-bond acceptors (Lipinski definition) is 3. The van der Waals surface area contributed by atoms with Crippen molar-refractivity contribution in [3.05, 3.63) is 65.2 Å². The number of guanidine groups is 1. The van der Waals surface area contributed by atoms with Crippen molar-refractivity contribution >= 4 is 35.6 Å². The molecule has 1 heterocycles. The molecule has 0 radical (unpaired) electrons. The van der Waals surface area contributed by atoms with Gasteiger partial charge in [0.15, 0.2) is 5.96 Å². The van der Waals surface area contributed by atoms with Gasteiger partial charge in [-0.3, -0.25) is 4.90 Å². The summed E-state index contributed by atoms with van der Waals surface area (Å²) in [7, 11) is 4.12. The first-order valence-corrected chi connectivity index (χ1v) is 10.7. The molecule has 2 N–H and O–H groups in total. The third kappa shape index (κ3) is 7.80. The lowest BCUT2D eigenvalue weighted by Crippen LogP contribution is -2.36. The fourth-order valence-corrected chi connectivity index (χ4v) is 3.59. The van der Waals surface area contributed by atoms with Gasteiger partial charge in [0, 0.05) is 39.4 Å². The number of likely N-dealkylation sites (tertiary alicyclic amines) is 1. The van der Waals surface area contributed by atoms with Gasteiger partial charge in [0.05, 0.1) is 6.54 Å². The lowest BCUT2D eigenvalue weighted by Gasteiger charge is -2.15. The molecule has 0 aliphatic carbocycles. The molecule has 1 aliphatic heterocycles. The number of anilines is 1. The Labute approximate surface area is 199 Å². The van der Waals surface area contributed by atoms with Gasteiger partial charge in [-0.15, -0.1) is 24.0 Å². The molecule has 0 spiro atoms. The fraction of sp³-hybridized carbons (Fsp3) is 0.458. The van der Waals surface area contributed by atoms with Crippen LogP contribution < -0.4 is 15.5 Å². The lowest BCUT2D eigenvalue weighted by molar-refractivity contribution is 0.331. The number of aliphatic imine (C=N–C) groups is 1. The molecule has 0 unspecified atom stereocenters. The van der Waals surface area contributed by atoms with Gasteiger partial charge in [-0.2, -0.15) is 0 Å². The minimum atomic E-state index is 0. The van der Waals surface area contributed by atoms with Crippen molar-refractivity contribution in [2.24, 2.45) is 4.99 Å². The van der Waals surface area contributed by atoms with E-state index in [1.54, 1.807) is 0 Å². The highest BCUT2D eigenvalue weighted by Crippen LogP contribution is 2.15. The number of benzene rings is 2. The Balaban J connectivity index is 0.00000320. The van der Waals surface area contributed by atoms with Gasteiger partial charge in [0.25, 0.3) is 0 Å². The van der Waals surface area contributed by atoms with Crippen LogP contribution in [-0.2, 0) is 19.6 Å². The average molecular weight is 521 g/mol. The monoisotopic (exact) mass is 521 g/mol. The second kappa shape index (κ2) is 12.8. The van der Waals surface area contributed by atoms with Crippen molar-refractivity contribution in [2.75, 3.05) is 38.6 Å². The topological polar surface area (TPSA) is 42.9 Å². The van der Waals surface area contributed by atoms with Crippen LogP contribution >= 0.6 is 24.0 Å². The van der Waals surface area contributed by atoms with Gasteiger partial charge in [0.1, 0.15) is 0 Å². The van der Waals surface area contributed by atoms with Crippen LogP contribution in [-0.4, -0.2) is 44.6 Å². The molecule has 2 aromatic rings. The predicted octanol–water partition coefficient (Wildman–Crippen LogP) is 4.22. The molecule has 164 valence electrons. The molecule has 1 aliphatic rings. The first-order chi connectivity index (χ1) is 14.1. The van der Waals surface area contributed by atoms with E-state index in [-0.39, 0.29) is 24.0 Å². The zero-order valence-electron chi connectivity index (χ0n) is 18.5. The van der Waals surface area contributed by atoms with E-state index in [1.807, 2.05) is 0 Å². The SMILES string of the molecule is CCNC(=NCc1cccc(N(C)C)c1)NCc1ccc(CN2CCCC2)cc1.I. The van der Waals surface area contributed by atoms with Crippen molar-refractivity contribution in [1.82, 2.24) is 15.5 Å². The second-order valence-electron chi connectivity index (χ2n) is 7.91. The standard InChI is InChI=1S/C24H35N5.HI/c1-4-25-24(27-18-22-8-7-9-23(16-22)28(2)3)26-17-20-10-12-21(13-11-20)19-29-14-5-6-15-29;/h7-13,16H,4-6,14-15,17-19H2,1-3H3,(H2,25,26,27);1H. The number of nitrogens with zero attached hydrogens (tertiary/aromatic N) is 3. The van der Waals surface area contributed by atoms with Crippen LogP contribution in [0, 0.1) is 0 Å². The molecule has 30 heavy (non-hydrogen) atoms. The van der Waals surface area contributed by atoms with Gasteiger partial charge < -0.3 is 15.5 Å². The molecule has 3 rings (SSSR count). The third-order valence-corrected chi connectivity index (χ3v) is 5.28. The largest absolute Gasteiger partial charge is 0.378 e. The summed E-state index contributed by atoms with van der Waals surface area (Å²) in [5.74, 6) is 0.851. The highest BCUT2D eigenvalue weighted by molar-refractivity contribution is 14.0. The molecule has 1 fully saturated rings. The van der Waals surface area contributed by atoms with Crippen LogP contribution in [0.2, 0.25) is 0 Å². The molecular formula is C24H36IN5. The highest BCUT2D eigenvalue weighted by atomic mass is 127. The minimum absolute atomic E-state index is 0. The van der Waals surface area contributed by atoms with Gasteiger partial charge >= 0.3 is 0 Å². The summed E-state index contributed by atoms with van der Waals surface area (Å²) in [6.07, 6.45) is 2.68. The number of hydrogen-bond donors (Lipinski definition) is 2. The zero-order valence-corrected chi connectivity index (χ0v) is 20.9. The Bertz CT molecular complexity index is 782. The Hall–Kier alpha value is -1.80. The minimum Gasteiger partial charge on any atom is -0.378 e. The van der Waals surface area contributed by atoms with E-state index in [1.165, 1.54) is 48.3 Å². The summed E-state index contributed by atoms with van der Waals surface area (Å²) in [5.41, 5.74) is 5.08. The molecule has 1 saturated heterocycles. The summed E-state index contributed by atoms with van der Waals surface area (Å²) < 4.78 is 0. The van der Waals surface area contributed by atoms with Crippen molar-refractivity contribution in [1.29, 1.82) is 0 Å². The molecule has 0 bridgehead atoms. The molecule has 0 amide bonds. The summed E-state index contributed by atoms with van der Waals surface area (Å²) in [4.78, 5) is 9.41. The Kier molecular flexibility index (Phi) is 10.4. The first kappa shape index (κ1) is 24.5. The number of halogens is 1. The predicted molar refractivity (Wildman–Crippen MR) is 139 cm³/mol. The highest BCUT2D eigenvalue weighted by Gasteiger charge is 2.11. The maximum Gasteiger partial charge on any atom is 0.191 e. The van der Waals surface area contributed by atoms with Gasteiger partial charge in [0.2, 0.25) is 0 Å². The summed E-state index contributed by atoms with van der Waals surface area (Å²) in [6.45, 7) is 7.92. The maximum absolute atomic E-state index is 4.75. The molecule has 0 saturated carbocycles. The van der Waals surface area contributed by atoms with Crippen LogP contribution in [0.4, 0.5) is 5.69 Å². The number of nitrogens with one attached hydrogen (secondary N) is 2. The van der Waals surface area contributed by atoms with Gasteiger partial charge in [-0.1, -0.05) is 36.4 Å². The van der Waals surface area contributed by atoms with Crippen LogP contribution in [0.25, 0.3) is 0 Å². The quantitative estimate of drug-likeness (QED) is 0.310. The molecule has 2 aromatic carbocycles. The van der Waals surface area contributed by atoms with Crippen LogP contribution in [0.5, 0.6) is 0 Å². The van der Waals surface area contributed by atoms with E-state index >= 15 is 0 Å². The summed E-state index contributed by atoms with van der Waals surface area (Å²) >= 11 is 0. The van der Waals surface area contributed by atoms with Crippen molar-refractivity contribution in [2.45, 2.75) is 39.4 Å². The summed E-state index contributed by atoms with van der Waals surface area (Å²) in [5, 5.41) is 6.80. The molecule has 0 atom stereocenters. The molecular weight excluding hydrogens is 485 g/mol. The lowest BCUT2D eigenvalue weighted by atomic mass is 10.1. The van der Waals surface area contributed by atoms with Gasteiger partial charge in [-0.05, 0) is 61.7 Å². The van der Waals surface area contributed by atoms with E-state index in [2.05, 4.69) is 90.0 Å². The third-order valence-electron chi connectivity index (χ3n) is 5.28.